The monoisotopic (exact) mass is 449 g/mol. The zero-order chi connectivity index (χ0) is 22.3. The summed E-state index contributed by atoms with van der Waals surface area (Å²) < 4.78 is 31.7. The summed E-state index contributed by atoms with van der Waals surface area (Å²) in [5, 5.41) is 6.48. The summed E-state index contributed by atoms with van der Waals surface area (Å²) >= 11 is 0. The Morgan fingerprint density at radius 1 is 1.10 bits per heavy atom. The van der Waals surface area contributed by atoms with Gasteiger partial charge in [-0.05, 0) is 25.5 Å². The molecule has 0 saturated carbocycles. The van der Waals surface area contributed by atoms with Crippen molar-refractivity contribution >= 4 is 21.8 Å². The van der Waals surface area contributed by atoms with Crippen LogP contribution in [0.5, 0.6) is 0 Å². The number of sulfonamides is 1. The second kappa shape index (κ2) is 10.5. The van der Waals surface area contributed by atoms with Crippen molar-refractivity contribution in [3.8, 4) is 0 Å². The van der Waals surface area contributed by atoms with Crippen LogP contribution in [0.25, 0.3) is 0 Å². The van der Waals surface area contributed by atoms with Crippen molar-refractivity contribution in [1.29, 1.82) is 0 Å². The molecule has 1 saturated heterocycles. The second-order valence-electron chi connectivity index (χ2n) is 7.29. The number of nitrogens with zero attached hydrogens (tertiary/aromatic N) is 4. The Morgan fingerprint density at radius 3 is 2.45 bits per heavy atom. The normalized spacial score (nSPS) is 15.1. The number of benzene rings is 1. The van der Waals surface area contributed by atoms with Crippen LogP contribution in [0, 0.1) is 6.92 Å². The molecule has 0 atom stereocenters. The van der Waals surface area contributed by atoms with Crippen molar-refractivity contribution in [2.24, 2.45) is 0 Å². The SMILES string of the molecule is Cc1noc(CCCNC(=O)CCC(=O)N2CCN(S(=O)(=O)c3ccccc3)CC2)n1. The molecule has 1 aliphatic rings. The van der Waals surface area contributed by atoms with E-state index in [-0.39, 0.29) is 42.6 Å². The number of aromatic nitrogens is 2. The van der Waals surface area contributed by atoms with Crippen LogP contribution in [-0.2, 0) is 26.0 Å². The molecule has 11 heteroatoms. The van der Waals surface area contributed by atoms with E-state index in [0.717, 1.165) is 0 Å². The second-order valence-corrected chi connectivity index (χ2v) is 9.22. The number of nitrogens with one attached hydrogen (secondary N) is 1. The maximum atomic E-state index is 12.7. The fourth-order valence-electron chi connectivity index (χ4n) is 3.30. The maximum absolute atomic E-state index is 12.7. The van der Waals surface area contributed by atoms with Gasteiger partial charge in [-0.1, -0.05) is 23.4 Å². The molecule has 1 aromatic heterocycles. The van der Waals surface area contributed by atoms with Gasteiger partial charge in [-0.25, -0.2) is 8.42 Å². The number of aryl methyl sites for hydroxylation is 2. The molecule has 0 aliphatic carbocycles. The number of amides is 2. The number of hydrogen-bond acceptors (Lipinski definition) is 7. The summed E-state index contributed by atoms with van der Waals surface area (Å²) in [6, 6.07) is 8.26. The number of hydrogen-bond donors (Lipinski definition) is 1. The van der Waals surface area contributed by atoms with Crippen LogP contribution >= 0.6 is 0 Å². The zero-order valence-electron chi connectivity index (χ0n) is 17.5. The molecule has 0 spiro atoms. The van der Waals surface area contributed by atoms with Gasteiger partial charge in [0.1, 0.15) is 0 Å². The van der Waals surface area contributed by atoms with E-state index in [4.69, 9.17) is 4.52 Å². The predicted octanol–water partition coefficient (Wildman–Crippen LogP) is 0.740. The summed E-state index contributed by atoms with van der Waals surface area (Å²) in [6.45, 7) is 3.32. The Bertz CT molecular complexity index is 984. The number of rotatable bonds is 9. The molecule has 168 valence electrons. The van der Waals surface area contributed by atoms with E-state index in [1.54, 1.807) is 42.2 Å². The third kappa shape index (κ3) is 6.34. The molecule has 1 N–H and O–H groups in total. The average Bonchev–Trinajstić information content (AvgIpc) is 3.20. The third-order valence-electron chi connectivity index (χ3n) is 5.00. The highest BCUT2D eigenvalue weighted by Crippen LogP contribution is 2.17. The third-order valence-corrected chi connectivity index (χ3v) is 6.91. The van der Waals surface area contributed by atoms with Crippen molar-refractivity contribution in [3.63, 3.8) is 0 Å². The number of carbonyl (C=O) groups is 2. The minimum Gasteiger partial charge on any atom is -0.356 e. The molecule has 0 unspecified atom stereocenters. The fraction of sp³-hybridized carbons (Fsp3) is 0.500. The Hall–Kier alpha value is -2.79. The molecule has 2 amide bonds. The molecule has 2 aromatic rings. The van der Waals surface area contributed by atoms with Gasteiger partial charge in [0.2, 0.25) is 27.7 Å². The highest BCUT2D eigenvalue weighted by molar-refractivity contribution is 7.89. The molecule has 3 rings (SSSR count). The van der Waals surface area contributed by atoms with Gasteiger partial charge < -0.3 is 14.7 Å². The van der Waals surface area contributed by atoms with Crippen LogP contribution in [0.4, 0.5) is 0 Å². The molecular formula is C20H27N5O5S. The van der Waals surface area contributed by atoms with E-state index in [9.17, 15) is 18.0 Å². The molecule has 1 aromatic carbocycles. The quantitative estimate of drug-likeness (QED) is 0.560. The van der Waals surface area contributed by atoms with Gasteiger partial charge in [-0.3, -0.25) is 9.59 Å². The first-order valence-electron chi connectivity index (χ1n) is 10.2. The number of piperazine rings is 1. The van der Waals surface area contributed by atoms with E-state index < -0.39 is 10.0 Å². The van der Waals surface area contributed by atoms with Crippen LogP contribution in [0.3, 0.4) is 0 Å². The van der Waals surface area contributed by atoms with Gasteiger partial charge in [0.15, 0.2) is 5.82 Å². The van der Waals surface area contributed by atoms with Crippen LogP contribution in [0.15, 0.2) is 39.8 Å². The van der Waals surface area contributed by atoms with E-state index in [0.29, 0.717) is 44.2 Å². The zero-order valence-corrected chi connectivity index (χ0v) is 18.3. The van der Waals surface area contributed by atoms with Gasteiger partial charge in [0.25, 0.3) is 0 Å². The Balaban J connectivity index is 1.34. The highest BCUT2D eigenvalue weighted by Gasteiger charge is 2.29. The highest BCUT2D eigenvalue weighted by atomic mass is 32.2. The van der Waals surface area contributed by atoms with Gasteiger partial charge in [0, 0.05) is 52.0 Å². The standard InChI is InChI=1S/C20H27N5O5S/c1-16-22-19(30-23-16)8-5-11-21-18(26)9-10-20(27)24-12-14-25(15-13-24)31(28,29)17-6-3-2-4-7-17/h2-4,6-7H,5,8-15H2,1H3,(H,21,26). The van der Waals surface area contributed by atoms with Gasteiger partial charge in [-0.15, -0.1) is 0 Å². The lowest BCUT2D eigenvalue weighted by Crippen LogP contribution is -2.50. The van der Waals surface area contributed by atoms with Crippen LogP contribution in [0.1, 0.15) is 31.0 Å². The topological polar surface area (TPSA) is 126 Å². The van der Waals surface area contributed by atoms with Crippen molar-refractivity contribution in [2.75, 3.05) is 32.7 Å². The van der Waals surface area contributed by atoms with Gasteiger partial charge >= 0.3 is 0 Å². The molecule has 1 aliphatic heterocycles. The van der Waals surface area contributed by atoms with E-state index >= 15 is 0 Å². The molecular weight excluding hydrogens is 422 g/mol. The lowest BCUT2D eigenvalue weighted by Gasteiger charge is -2.34. The summed E-state index contributed by atoms with van der Waals surface area (Å²) in [6.07, 6.45) is 1.44. The Kier molecular flexibility index (Phi) is 7.75. The smallest absolute Gasteiger partial charge is 0.243 e. The summed E-state index contributed by atoms with van der Waals surface area (Å²) in [7, 11) is -3.55. The first kappa shape index (κ1) is 22.9. The molecule has 1 fully saturated rings. The van der Waals surface area contributed by atoms with E-state index in [2.05, 4.69) is 15.5 Å². The lowest BCUT2D eigenvalue weighted by molar-refractivity contribution is -0.134. The van der Waals surface area contributed by atoms with Crippen LogP contribution < -0.4 is 5.32 Å². The predicted molar refractivity (Wildman–Crippen MR) is 111 cm³/mol. The van der Waals surface area contributed by atoms with E-state index in [1.165, 1.54) is 4.31 Å². The summed E-state index contributed by atoms with van der Waals surface area (Å²) in [5.74, 6) is 0.778. The minimum absolute atomic E-state index is 0.0973. The largest absolute Gasteiger partial charge is 0.356 e. The van der Waals surface area contributed by atoms with Crippen molar-refractivity contribution in [3.05, 3.63) is 42.0 Å². The number of carbonyl (C=O) groups excluding carboxylic acids is 2. The first-order valence-corrected chi connectivity index (χ1v) is 11.7. The lowest BCUT2D eigenvalue weighted by atomic mass is 10.2. The van der Waals surface area contributed by atoms with Crippen molar-refractivity contribution < 1.29 is 22.5 Å². The maximum Gasteiger partial charge on any atom is 0.243 e. The molecule has 10 nitrogen and oxygen atoms in total. The Morgan fingerprint density at radius 2 is 1.81 bits per heavy atom. The average molecular weight is 450 g/mol. The van der Waals surface area contributed by atoms with Gasteiger partial charge in [-0.2, -0.15) is 9.29 Å². The van der Waals surface area contributed by atoms with Gasteiger partial charge in [0.05, 0.1) is 4.90 Å². The summed E-state index contributed by atoms with van der Waals surface area (Å²) in [4.78, 5) is 30.3. The fourth-order valence-corrected chi connectivity index (χ4v) is 4.74. The Labute approximate surface area is 181 Å². The van der Waals surface area contributed by atoms with Crippen LogP contribution in [0.2, 0.25) is 0 Å². The van der Waals surface area contributed by atoms with Crippen LogP contribution in [-0.4, -0.2) is 72.3 Å². The van der Waals surface area contributed by atoms with Crippen molar-refractivity contribution in [2.45, 2.75) is 37.5 Å². The first-order chi connectivity index (χ1) is 14.9. The summed E-state index contributed by atoms with van der Waals surface area (Å²) in [5.41, 5.74) is 0. The van der Waals surface area contributed by atoms with E-state index in [1.807, 2.05) is 0 Å². The molecule has 0 radical (unpaired) electrons. The molecule has 2 heterocycles. The van der Waals surface area contributed by atoms with Crippen molar-refractivity contribution in [1.82, 2.24) is 24.7 Å². The molecule has 0 bridgehead atoms. The molecule has 31 heavy (non-hydrogen) atoms. The minimum atomic E-state index is -3.55.